The molecule has 108 valence electrons. The zero-order valence-electron chi connectivity index (χ0n) is 10.8. The molecule has 0 unspecified atom stereocenters. The van der Waals surface area contributed by atoms with Crippen LogP contribution in [0.15, 0.2) is 18.2 Å². The second-order valence-electron chi connectivity index (χ2n) is 4.47. The number of carbonyl (C=O) groups excluding carboxylic acids is 2. The molecule has 1 aliphatic rings. The van der Waals surface area contributed by atoms with Gasteiger partial charge >= 0.3 is 11.8 Å². The van der Waals surface area contributed by atoms with Crippen LogP contribution >= 0.6 is 11.6 Å². The van der Waals surface area contributed by atoms with E-state index in [1.165, 1.54) is 23.1 Å². The topological polar surface area (TPSA) is 61.4 Å². The number of rotatable bonds is 2. The third kappa shape index (κ3) is 3.68. The fourth-order valence-electron chi connectivity index (χ4n) is 1.92. The number of halogens is 2. The molecule has 1 saturated heterocycles. The first kappa shape index (κ1) is 14.7. The monoisotopic (exact) mass is 299 g/mol. The van der Waals surface area contributed by atoms with Crippen molar-refractivity contribution in [1.82, 2.24) is 15.5 Å². The maximum Gasteiger partial charge on any atom is 0.311 e. The van der Waals surface area contributed by atoms with Crippen LogP contribution in [0, 0.1) is 5.82 Å². The molecular weight excluding hydrogens is 285 g/mol. The Kier molecular flexibility index (Phi) is 4.92. The molecule has 2 rings (SSSR count). The first-order valence-electron chi connectivity index (χ1n) is 6.29. The third-order valence-electron chi connectivity index (χ3n) is 3.04. The van der Waals surface area contributed by atoms with E-state index in [1.54, 1.807) is 0 Å². The van der Waals surface area contributed by atoms with E-state index in [0.717, 1.165) is 0 Å². The Balaban J connectivity index is 1.87. The lowest BCUT2D eigenvalue weighted by atomic mass is 10.2. The predicted molar refractivity (Wildman–Crippen MR) is 72.7 cm³/mol. The Morgan fingerprint density at radius 1 is 1.35 bits per heavy atom. The van der Waals surface area contributed by atoms with Crippen LogP contribution in [0.2, 0.25) is 5.02 Å². The Hall–Kier alpha value is -1.66. The van der Waals surface area contributed by atoms with Gasteiger partial charge in [-0.1, -0.05) is 17.7 Å². The van der Waals surface area contributed by atoms with Gasteiger partial charge in [-0.05, 0) is 17.7 Å². The number of hydrogen-bond acceptors (Lipinski definition) is 3. The second-order valence-corrected chi connectivity index (χ2v) is 4.88. The number of nitrogens with zero attached hydrogens (tertiary/aromatic N) is 1. The summed E-state index contributed by atoms with van der Waals surface area (Å²) >= 11 is 5.64. The summed E-state index contributed by atoms with van der Waals surface area (Å²) in [6, 6.07) is 4.16. The van der Waals surface area contributed by atoms with Crippen LogP contribution in [0.5, 0.6) is 0 Å². The number of hydrogen-bond donors (Lipinski definition) is 2. The SMILES string of the molecule is O=C(NCc1ccc(F)c(Cl)c1)C(=O)N1CCNCC1. The van der Waals surface area contributed by atoms with Crippen LogP contribution in [0.4, 0.5) is 4.39 Å². The van der Waals surface area contributed by atoms with Crippen molar-refractivity contribution in [3.63, 3.8) is 0 Å². The molecule has 0 aromatic heterocycles. The van der Waals surface area contributed by atoms with E-state index in [1.807, 2.05) is 0 Å². The summed E-state index contributed by atoms with van der Waals surface area (Å²) in [5, 5.41) is 5.60. The Morgan fingerprint density at radius 3 is 2.70 bits per heavy atom. The quantitative estimate of drug-likeness (QED) is 0.783. The number of amides is 2. The maximum atomic E-state index is 13.0. The Bertz CT molecular complexity index is 518. The lowest BCUT2D eigenvalue weighted by Gasteiger charge is -2.26. The van der Waals surface area contributed by atoms with Crippen LogP contribution in [-0.2, 0) is 16.1 Å². The Morgan fingerprint density at radius 2 is 2.05 bits per heavy atom. The zero-order valence-corrected chi connectivity index (χ0v) is 11.5. The van der Waals surface area contributed by atoms with Crippen LogP contribution in [0.1, 0.15) is 5.56 Å². The van der Waals surface area contributed by atoms with Gasteiger partial charge in [-0.15, -0.1) is 0 Å². The van der Waals surface area contributed by atoms with Crippen molar-refractivity contribution in [2.75, 3.05) is 26.2 Å². The largest absolute Gasteiger partial charge is 0.344 e. The number of nitrogens with one attached hydrogen (secondary N) is 2. The molecule has 0 spiro atoms. The third-order valence-corrected chi connectivity index (χ3v) is 3.33. The van der Waals surface area contributed by atoms with E-state index in [9.17, 15) is 14.0 Å². The molecule has 7 heteroatoms. The van der Waals surface area contributed by atoms with E-state index >= 15 is 0 Å². The summed E-state index contributed by atoms with van der Waals surface area (Å²) in [4.78, 5) is 25.1. The average Bonchev–Trinajstić information content (AvgIpc) is 2.48. The van der Waals surface area contributed by atoms with Gasteiger partial charge in [-0.3, -0.25) is 9.59 Å². The number of carbonyl (C=O) groups is 2. The molecule has 1 aromatic carbocycles. The van der Waals surface area contributed by atoms with Gasteiger partial charge in [0.2, 0.25) is 0 Å². The van der Waals surface area contributed by atoms with Gasteiger partial charge in [0.05, 0.1) is 5.02 Å². The van der Waals surface area contributed by atoms with E-state index in [-0.39, 0.29) is 11.6 Å². The molecule has 20 heavy (non-hydrogen) atoms. The van der Waals surface area contributed by atoms with Crippen molar-refractivity contribution in [1.29, 1.82) is 0 Å². The molecule has 1 fully saturated rings. The lowest BCUT2D eigenvalue weighted by molar-refractivity contribution is -0.146. The molecule has 1 aliphatic heterocycles. The van der Waals surface area contributed by atoms with Crippen molar-refractivity contribution in [2.24, 2.45) is 0 Å². The summed E-state index contributed by atoms with van der Waals surface area (Å²) in [5.41, 5.74) is 0.637. The van der Waals surface area contributed by atoms with Gasteiger partial charge in [0, 0.05) is 32.7 Å². The summed E-state index contributed by atoms with van der Waals surface area (Å²) < 4.78 is 13.0. The molecule has 2 amide bonds. The van der Waals surface area contributed by atoms with Crippen LogP contribution < -0.4 is 10.6 Å². The predicted octanol–water partition coefficient (Wildman–Crippen LogP) is 0.527. The van der Waals surface area contributed by atoms with Crippen molar-refractivity contribution in [3.8, 4) is 0 Å². The highest BCUT2D eigenvalue weighted by Crippen LogP contribution is 2.15. The molecule has 5 nitrogen and oxygen atoms in total. The fourth-order valence-corrected chi connectivity index (χ4v) is 2.12. The first-order valence-corrected chi connectivity index (χ1v) is 6.67. The summed E-state index contributed by atoms with van der Waals surface area (Å²) in [5.74, 6) is -1.72. The zero-order chi connectivity index (χ0) is 14.5. The minimum Gasteiger partial charge on any atom is -0.344 e. The maximum absolute atomic E-state index is 13.0. The number of piperazine rings is 1. The van der Waals surface area contributed by atoms with E-state index in [4.69, 9.17) is 11.6 Å². The molecule has 0 radical (unpaired) electrons. The van der Waals surface area contributed by atoms with E-state index in [0.29, 0.717) is 31.7 Å². The second kappa shape index (κ2) is 6.67. The highest BCUT2D eigenvalue weighted by atomic mass is 35.5. The van der Waals surface area contributed by atoms with Crippen molar-refractivity contribution < 1.29 is 14.0 Å². The molecule has 1 aromatic rings. The van der Waals surface area contributed by atoms with Gasteiger partial charge in [0.25, 0.3) is 0 Å². The van der Waals surface area contributed by atoms with E-state index in [2.05, 4.69) is 10.6 Å². The van der Waals surface area contributed by atoms with Crippen LogP contribution in [-0.4, -0.2) is 42.9 Å². The average molecular weight is 300 g/mol. The first-order chi connectivity index (χ1) is 9.58. The lowest BCUT2D eigenvalue weighted by Crippen LogP contribution is -2.51. The molecule has 1 heterocycles. The molecule has 0 bridgehead atoms. The molecular formula is C13H15ClFN3O2. The van der Waals surface area contributed by atoms with Crippen LogP contribution in [0.3, 0.4) is 0 Å². The van der Waals surface area contributed by atoms with Gasteiger partial charge in [0.15, 0.2) is 0 Å². The van der Waals surface area contributed by atoms with Gasteiger partial charge < -0.3 is 15.5 Å². The number of benzene rings is 1. The minimum atomic E-state index is -0.660. The van der Waals surface area contributed by atoms with Crippen molar-refractivity contribution in [3.05, 3.63) is 34.6 Å². The Labute approximate surface area is 121 Å². The van der Waals surface area contributed by atoms with Gasteiger partial charge in [-0.25, -0.2) is 4.39 Å². The highest BCUT2D eigenvalue weighted by molar-refractivity contribution is 6.35. The summed E-state index contributed by atoms with van der Waals surface area (Å²) in [6.07, 6.45) is 0. The van der Waals surface area contributed by atoms with Gasteiger partial charge in [-0.2, -0.15) is 0 Å². The minimum absolute atomic E-state index is 0.00909. The van der Waals surface area contributed by atoms with Crippen molar-refractivity contribution >= 4 is 23.4 Å². The molecule has 2 N–H and O–H groups in total. The van der Waals surface area contributed by atoms with Gasteiger partial charge in [0.1, 0.15) is 5.82 Å². The normalized spacial score (nSPS) is 15.0. The van der Waals surface area contributed by atoms with Crippen molar-refractivity contribution in [2.45, 2.75) is 6.54 Å². The molecule has 0 atom stereocenters. The van der Waals surface area contributed by atoms with E-state index < -0.39 is 17.6 Å². The summed E-state index contributed by atoms with van der Waals surface area (Å²) in [6.45, 7) is 2.55. The fraction of sp³-hybridized carbons (Fsp3) is 0.385. The standard InChI is InChI=1S/C13H15ClFN3O2/c14-10-7-9(1-2-11(10)15)8-17-12(19)13(20)18-5-3-16-4-6-18/h1-2,7,16H,3-6,8H2,(H,17,19). The molecule has 0 aliphatic carbocycles. The highest BCUT2D eigenvalue weighted by Gasteiger charge is 2.22. The smallest absolute Gasteiger partial charge is 0.311 e. The van der Waals surface area contributed by atoms with Crippen LogP contribution in [0.25, 0.3) is 0 Å². The molecule has 0 saturated carbocycles. The summed E-state index contributed by atoms with van der Waals surface area (Å²) in [7, 11) is 0.